The van der Waals surface area contributed by atoms with Crippen LogP contribution in [0.4, 0.5) is 4.79 Å². The van der Waals surface area contributed by atoms with E-state index in [0.29, 0.717) is 6.42 Å². The lowest BCUT2D eigenvalue weighted by Crippen LogP contribution is -2.46. The molecule has 0 bridgehead atoms. The Hall–Kier alpha value is -3.24. The largest absolute Gasteiger partial charge is 0.444 e. The van der Waals surface area contributed by atoms with Crippen LogP contribution in [0.3, 0.4) is 0 Å². The molecule has 2 N–H and O–H groups in total. The quantitative estimate of drug-likeness (QED) is 0.219. The molecule has 2 amide bonds. The molecular weight excluding hydrogens is 544 g/mol. The molecule has 41 heavy (non-hydrogen) atoms. The number of Topliss-reactive ketones (excluding diaryl/α,β-unsaturated/α-hetero) is 1. The number of amides is 2. The number of hydrogen-bond acceptors (Lipinski definition) is 7. The second-order valence-electron chi connectivity index (χ2n) is 11.5. The summed E-state index contributed by atoms with van der Waals surface area (Å²) in [7, 11) is -3.69. The molecule has 0 aliphatic carbocycles. The van der Waals surface area contributed by atoms with Gasteiger partial charge >= 0.3 is 6.09 Å². The Balaban J connectivity index is 2.13. The topological polar surface area (TPSA) is 128 Å². The van der Waals surface area contributed by atoms with Crippen molar-refractivity contribution in [2.75, 3.05) is 18.9 Å². The number of ether oxygens (including phenoxy) is 1. The van der Waals surface area contributed by atoms with Crippen molar-refractivity contribution in [1.82, 2.24) is 10.6 Å². The molecule has 0 spiro atoms. The van der Waals surface area contributed by atoms with Gasteiger partial charge in [0.1, 0.15) is 5.60 Å². The Kier molecular flexibility index (Phi) is 13.5. The van der Waals surface area contributed by atoms with E-state index in [2.05, 4.69) is 10.6 Å². The van der Waals surface area contributed by atoms with Crippen LogP contribution in [0.1, 0.15) is 58.6 Å². The van der Waals surface area contributed by atoms with Crippen LogP contribution in [0.5, 0.6) is 0 Å². The van der Waals surface area contributed by atoms with Crippen molar-refractivity contribution in [3.8, 4) is 0 Å². The summed E-state index contributed by atoms with van der Waals surface area (Å²) in [6.07, 6.45) is -0.110. The van der Waals surface area contributed by atoms with E-state index < -0.39 is 33.8 Å². The lowest BCUT2D eigenvalue weighted by Gasteiger charge is -2.24. The number of nitrogens with one attached hydrogen (secondary N) is 2. The number of rotatable bonds is 16. The van der Waals surface area contributed by atoms with Crippen LogP contribution in [0.15, 0.2) is 60.7 Å². The van der Waals surface area contributed by atoms with Gasteiger partial charge in [-0.25, -0.2) is 4.79 Å². The molecule has 0 unspecified atom stereocenters. The molecule has 0 fully saturated rings. The molecule has 0 heterocycles. The molecule has 10 heteroatoms. The Morgan fingerprint density at radius 2 is 1.44 bits per heavy atom. The van der Waals surface area contributed by atoms with Gasteiger partial charge in [-0.3, -0.25) is 13.8 Å². The molecule has 2 aromatic carbocycles. The van der Waals surface area contributed by atoms with E-state index in [1.54, 1.807) is 20.8 Å². The standard InChI is InChI=1S/C31H44N2O7S/c1-23(2)22-39-41(37,38)18-12-17-32-29(35)26(19-24-13-8-6-9-14-24)21-28(34)27(20-25-15-10-7-11-16-25)33-30(36)40-31(3,4)5/h6-11,13-16,23,26-27H,12,17-22H2,1-5H3,(H,32,35)(H,33,36)/t26-,27+/m1/s1. The first-order valence-corrected chi connectivity index (χ1v) is 15.6. The Morgan fingerprint density at radius 1 is 0.878 bits per heavy atom. The van der Waals surface area contributed by atoms with Gasteiger partial charge in [-0.2, -0.15) is 8.42 Å². The van der Waals surface area contributed by atoms with E-state index in [-0.39, 0.29) is 55.8 Å². The van der Waals surface area contributed by atoms with Crippen molar-refractivity contribution in [3.63, 3.8) is 0 Å². The molecule has 2 aromatic rings. The Labute approximate surface area is 244 Å². The minimum atomic E-state index is -3.69. The molecular formula is C31H44N2O7S. The molecule has 0 aliphatic rings. The van der Waals surface area contributed by atoms with Crippen molar-refractivity contribution in [2.24, 2.45) is 11.8 Å². The van der Waals surface area contributed by atoms with Gasteiger partial charge in [-0.15, -0.1) is 0 Å². The second-order valence-corrected chi connectivity index (χ2v) is 13.3. The van der Waals surface area contributed by atoms with Crippen molar-refractivity contribution < 1.29 is 31.7 Å². The van der Waals surface area contributed by atoms with Gasteiger partial charge in [0.25, 0.3) is 10.1 Å². The maximum absolute atomic E-state index is 13.6. The van der Waals surface area contributed by atoms with E-state index >= 15 is 0 Å². The van der Waals surface area contributed by atoms with E-state index in [1.165, 1.54) is 0 Å². The fourth-order valence-corrected chi connectivity index (χ4v) is 5.09. The SMILES string of the molecule is CC(C)COS(=O)(=O)CCCNC(=O)[C@@H](CC(=O)[C@H](Cc1ccccc1)NC(=O)OC(C)(C)C)Cc1ccccc1. The van der Waals surface area contributed by atoms with Gasteiger partial charge in [-0.1, -0.05) is 74.5 Å². The molecule has 0 radical (unpaired) electrons. The lowest BCUT2D eigenvalue weighted by molar-refractivity contribution is -0.130. The summed E-state index contributed by atoms with van der Waals surface area (Å²) in [4.78, 5) is 39.4. The summed E-state index contributed by atoms with van der Waals surface area (Å²) in [5, 5.41) is 5.48. The van der Waals surface area contributed by atoms with Gasteiger partial charge in [0.15, 0.2) is 5.78 Å². The third-order valence-corrected chi connectivity index (χ3v) is 7.24. The maximum atomic E-state index is 13.6. The third-order valence-electron chi connectivity index (χ3n) is 5.96. The highest BCUT2D eigenvalue weighted by Crippen LogP contribution is 2.17. The van der Waals surface area contributed by atoms with E-state index in [1.807, 2.05) is 74.5 Å². The zero-order valence-electron chi connectivity index (χ0n) is 24.7. The lowest BCUT2D eigenvalue weighted by atomic mass is 9.89. The predicted octanol–water partition coefficient (Wildman–Crippen LogP) is 4.45. The molecule has 0 saturated heterocycles. The second kappa shape index (κ2) is 16.3. The van der Waals surface area contributed by atoms with E-state index in [0.717, 1.165) is 11.1 Å². The van der Waals surface area contributed by atoms with Crippen LogP contribution >= 0.6 is 0 Å². The highest BCUT2D eigenvalue weighted by molar-refractivity contribution is 7.86. The number of hydrogen-bond donors (Lipinski definition) is 2. The minimum Gasteiger partial charge on any atom is -0.444 e. The van der Waals surface area contributed by atoms with Gasteiger partial charge in [-0.05, 0) is 57.1 Å². The first kappa shape index (κ1) is 34.0. The van der Waals surface area contributed by atoms with Crippen LogP contribution in [0, 0.1) is 11.8 Å². The summed E-state index contributed by atoms with van der Waals surface area (Å²) >= 11 is 0. The van der Waals surface area contributed by atoms with Crippen LogP contribution in [0.2, 0.25) is 0 Å². The monoisotopic (exact) mass is 588 g/mol. The fraction of sp³-hybridized carbons (Fsp3) is 0.516. The molecule has 2 atom stereocenters. The molecule has 0 saturated carbocycles. The highest BCUT2D eigenvalue weighted by Gasteiger charge is 2.29. The van der Waals surface area contributed by atoms with Gasteiger partial charge in [0, 0.05) is 18.9 Å². The minimum absolute atomic E-state index is 0.0799. The van der Waals surface area contributed by atoms with Crippen molar-refractivity contribution >= 4 is 27.9 Å². The van der Waals surface area contributed by atoms with E-state index in [9.17, 15) is 22.8 Å². The number of carbonyl (C=O) groups excluding carboxylic acids is 3. The number of alkyl carbamates (subject to hydrolysis) is 1. The van der Waals surface area contributed by atoms with Gasteiger partial charge < -0.3 is 15.4 Å². The Morgan fingerprint density at radius 3 is 1.98 bits per heavy atom. The van der Waals surface area contributed by atoms with Crippen LogP contribution in [-0.2, 0) is 41.5 Å². The molecule has 9 nitrogen and oxygen atoms in total. The number of benzene rings is 2. The Bertz CT molecular complexity index is 1210. The molecule has 2 rings (SSSR count). The average molecular weight is 589 g/mol. The summed E-state index contributed by atoms with van der Waals surface area (Å²) in [6.45, 7) is 9.16. The number of ketones is 1. The smallest absolute Gasteiger partial charge is 0.408 e. The first-order valence-electron chi connectivity index (χ1n) is 14.0. The van der Waals surface area contributed by atoms with Crippen LogP contribution in [-0.4, -0.2) is 56.7 Å². The van der Waals surface area contributed by atoms with Gasteiger partial charge in [0.2, 0.25) is 5.91 Å². The zero-order valence-corrected chi connectivity index (χ0v) is 25.5. The summed E-state index contributed by atoms with van der Waals surface area (Å²) in [5.41, 5.74) is 0.990. The average Bonchev–Trinajstić information content (AvgIpc) is 2.89. The maximum Gasteiger partial charge on any atom is 0.408 e. The summed E-state index contributed by atoms with van der Waals surface area (Å²) in [5.74, 6) is -1.53. The number of carbonyl (C=O) groups is 3. The zero-order chi connectivity index (χ0) is 30.5. The molecule has 0 aromatic heterocycles. The van der Waals surface area contributed by atoms with Crippen LogP contribution < -0.4 is 10.6 Å². The van der Waals surface area contributed by atoms with Gasteiger partial charge in [0.05, 0.1) is 18.4 Å². The third kappa shape index (κ3) is 14.3. The normalized spacial score (nSPS) is 13.3. The van der Waals surface area contributed by atoms with Crippen molar-refractivity contribution in [1.29, 1.82) is 0 Å². The van der Waals surface area contributed by atoms with Crippen molar-refractivity contribution in [3.05, 3.63) is 71.8 Å². The van der Waals surface area contributed by atoms with Crippen molar-refractivity contribution in [2.45, 2.75) is 71.9 Å². The van der Waals surface area contributed by atoms with Crippen LogP contribution in [0.25, 0.3) is 0 Å². The van der Waals surface area contributed by atoms with E-state index in [4.69, 9.17) is 8.92 Å². The predicted molar refractivity (Wildman–Crippen MR) is 159 cm³/mol. The summed E-state index contributed by atoms with van der Waals surface area (Å²) in [6, 6.07) is 17.7. The summed E-state index contributed by atoms with van der Waals surface area (Å²) < 4.78 is 34.5. The highest BCUT2D eigenvalue weighted by atomic mass is 32.2. The molecule has 226 valence electrons. The fourth-order valence-electron chi connectivity index (χ4n) is 3.99. The molecule has 0 aliphatic heterocycles. The first-order chi connectivity index (χ1) is 19.2.